The zero-order valence-electron chi connectivity index (χ0n) is 13.1. The first-order chi connectivity index (χ1) is 12.1. The van der Waals surface area contributed by atoms with Crippen LogP contribution in [0.2, 0.25) is 5.02 Å². The van der Waals surface area contributed by atoms with E-state index in [9.17, 15) is 14.4 Å². The van der Waals surface area contributed by atoms with Crippen molar-refractivity contribution in [2.45, 2.75) is 13.0 Å². The van der Waals surface area contributed by atoms with E-state index in [0.717, 1.165) is 0 Å². The van der Waals surface area contributed by atoms with E-state index in [-0.39, 0.29) is 18.7 Å². The maximum atomic E-state index is 12.0. The Balaban J connectivity index is 1.58. The number of fused-ring (bicyclic) bond motifs is 1. The molecule has 3 rings (SSSR count). The number of oxazole rings is 1. The van der Waals surface area contributed by atoms with Crippen molar-refractivity contribution < 1.29 is 18.7 Å². The van der Waals surface area contributed by atoms with E-state index in [1.165, 1.54) is 4.57 Å². The third kappa shape index (κ3) is 3.80. The molecule has 7 heteroatoms. The standard InChI is InChI=1S/C18H14ClNO5/c19-13-6-2-1-5-12(13)15(21)11-24-17(22)9-10-20-14-7-3-4-8-16(14)25-18(20)23/h1-8H,9-11H2. The average molecular weight is 360 g/mol. The summed E-state index contributed by atoms with van der Waals surface area (Å²) in [6.07, 6.45) is -0.0563. The van der Waals surface area contributed by atoms with Crippen LogP contribution in [0, 0.1) is 0 Å². The van der Waals surface area contributed by atoms with Crippen molar-refractivity contribution in [1.82, 2.24) is 4.57 Å². The quantitative estimate of drug-likeness (QED) is 0.499. The summed E-state index contributed by atoms with van der Waals surface area (Å²) in [5.74, 6) is -1.51. The fraction of sp³-hybridized carbons (Fsp3) is 0.167. The van der Waals surface area contributed by atoms with Crippen molar-refractivity contribution in [2.75, 3.05) is 6.61 Å². The molecule has 128 valence electrons. The summed E-state index contributed by atoms with van der Waals surface area (Å²) in [5.41, 5.74) is 1.36. The number of ketones is 1. The molecule has 6 nitrogen and oxygen atoms in total. The number of halogens is 1. The van der Waals surface area contributed by atoms with E-state index >= 15 is 0 Å². The van der Waals surface area contributed by atoms with Crippen LogP contribution in [0.3, 0.4) is 0 Å². The monoisotopic (exact) mass is 359 g/mol. The number of aryl methyl sites for hydroxylation is 1. The number of nitrogens with zero attached hydrogens (tertiary/aromatic N) is 1. The van der Waals surface area contributed by atoms with Crippen molar-refractivity contribution in [2.24, 2.45) is 0 Å². The lowest BCUT2D eigenvalue weighted by molar-refractivity contribution is -0.142. The van der Waals surface area contributed by atoms with Crippen molar-refractivity contribution in [3.63, 3.8) is 0 Å². The second-order valence-electron chi connectivity index (χ2n) is 5.30. The zero-order chi connectivity index (χ0) is 17.8. The van der Waals surface area contributed by atoms with Gasteiger partial charge in [0.1, 0.15) is 0 Å². The highest BCUT2D eigenvalue weighted by molar-refractivity contribution is 6.34. The van der Waals surface area contributed by atoms with Gasteiger partial charge in [0.15, 0.2) is 12.2 Å². The summed E-state index contributed by atoms with van der Waals surface area (Å²) in [6, 6.07) is 13.5. The molecule has 2 aromatic carbocycles. The molecule has 0 atom stereocenters. The molecule has 0 amide bonds. The van der Waals surface area contributed by atoms with Crippen molar-refractivity contribution in [3.05, 3.63) is 69.7 Å². The van der Waals surface area contributed by atoms with Crippen LogP contribution in [0.4, 0.5) is 0 Å². The van der Waals surface area contributed by atoms with Gasteiger partial charge < -0.3 is 9.15 Å². The molecule has 0 aliphatic carbocycles. The Morgan fingerprint density at radius 1 is 1.08 bits per heavy atom. The molecule has 0 saturated carbocycles. The molecular weight excluding hydrogens is 346 g/mol. The number of ether oxygens (including phenoxy) is 1. The SMILES string of the molecule is O=C(CCn1c(=O)oc2ccccc21)OCC(=O)c1ccccc1Cl. The smallest absolute Gasteiger partial charge is 0.419 e. The molecule has 0 saturated heterocycles. The number of hydrogen-bond acceptors (Lipinski definition) is 5. The number of Topliss-reactive ketones (excluding diaryl/α,β-unsaturated/α-hetero) is 1. The molecule has 1 heterocycles. The van der Waals surface area contributed by atoms with Crippen molar-refractivity contribution in [1.29, 1.82) is 0 Å². The van der Waals surface area contributed by atoms with E-state index in [0.29, 0.717) is 21.7 Å². The lowest BCUT2D eigenvalue weighted by Gasteiger charge is -2.06. The van der Waals surface area contributed by atoms with E-state index in [2.05, 4.69) is 0 Å². The highest BCUT2D eigenvalue weighted by atomic mass is 35.5. The Morgan fingerprint density at radius 3 is 2.60 bits per heavy atom. The first kappa shape index (κ1) is 17.0. The molecule has 0 fully saturated rings. The van der Waals surface area contributed by atoms with E-state index in [4.69, 9.17) is 20.8 Å². The minimum absolute atomic E-state index is 0.0563. The molecule has 0 radical (unpaired) electrons. The van der Waals surface area contributed by atoms with E-state index in [1.54, 1.807) is 48.5 Å². The van der Waals surface area contributed by atoms with Gasteiger partial charge in [-0.2, -0.15) is 0 Å². The van der Waals surface area contributed by atoms with Crippen LogP contribution < -0.4 is 5.76 Å². The van der Waals surface area contributed by atoms with Crippen LogP contribution in [0.1, 0.15) is 16.8 Å². The van der Waals surface area contributed by atoms with Crippen LogP contribution in [0.15, 0.2) is 57.7 Å². The van der Waals surface area contributed by atoms with Crippen LogP contribution in [0.25, 0.3) is 11.1 Å². The normalized spacial score (nSPS) is 10.8. The lowest BCUT2D eigenvalue weighted by Crippen LogP contribution is -2.19. The first-order valence-corrected chi connectivity index (χ1v) is 7.96. The lowest BCUT2D eigenvalue weighted by atomic mass is 10.1. The highest BCUT2D eigenvalue weighted by Gasteiger charge is 2.14. The molecule has 0 aliphatic heterocycles. The predicted molar refractivity (Wildman–Crippen MR) is 91.8 cm³/mol. The maximum Gasteiger partial charge on any atom is 0.419 e. The van der Waals surface area contributed by atoms with Crippen LogP contribution in [0.5, 0.6) is 0 Å². The molecule has 0 bridgehead atoms. The number of benzene rings is 2. The Hall–Kier alpha value is -2.86. The zero-order valence-corrected chi connectivity index (χ0v) is 13.9. The summed E-state index contributed by atoms with van der Waals surface area (Å²) < 4.78 is 11.4. The predicted octanol–water partition coefficient (Wildman–Crippen LogP) is 3.06. The van der Waals surface area contributed by atoms with Crippen LogP contribution in [-0.4, -0.2) is 22.9 Å². The maximum absolute atomic E-state index is 12.0. The highest BCUT2D eigenvalue weighted by Crippen LogP contribution is 2.16. The minimum Gasteiger partial charge on any atom is -0.457 e. The molecule has 3 aromatic rings. The Kier molecular flexibility index (Phi) is 5.00. The molecule has 0 spiro atoms. The Bertz CT molecular complexity index is 988. The molecule has 0 unspecified atom stereocenters. The van der Waals surface area contributed by atoms with Gasteiger partial charge in [0.05, 0.1) is 17.0 Å². The molecule has 25 heavy (non-hydrogen) atoms. The molecular formula is C18H14ClNO5. The van der Waals surface area contributed by atoms with E-state index < -0.39 is 18.3 Å². The average Bonchev–Trinajstić information content (AvgIpc) is 2.93. The summed E-state index contributed by atoms with van der Waals surface area (Å²) in [6.45, 7) is -0.293. The van der Waals surface area contributed by atoms with Crippen LogP contribution >= 0.6 is 11.6 Å². The number of para-hydroxylation sites is 2. The fourth-order valence-corrected chi connectivity index (χ4v) is 2.65. The number of hydrogen-bond donors (Lipinski definition) is 0. The molecule has 0 aliphatic rings. The Morgan fingerprint density at radius 2 is 1.80 bits per heavy atom. The topological polar surface area (TPSA) is 78.5 Å². The number of carbonyl (C=O) groups excluding carboxylic acids is 2. The van der Waals surface area contributed by atoms with Crippen molar-refractivity contribution >= 4 is 34.5 Å². The number of carbonyl (C=O) groups is 2. The summed E-state index contributed by atoms with van der Waals surface area (Å²) in [5, 5.41) is 0.306. The van der Waals surface area contributed by atoms with Gasteiger partial charge in [-0.1, -0.05) is 35.9 Å². The summed E-state index contributed by atoms with van der Waals surface area (Å²) in [4.78, 5) is 35.7. The van der Waals surface area contributed by atoms with Crippen molar-refractivity contribution in [3.8, 4) is 0 Å². The first-order valence-electron chi connectivity index (χ1n) is 7.58. The van der Waals surface area contributed by atoms with Gasteiger partial charge in [0.2, 0.25) is 5.78 Å². The van der Waals surface area contributed by atoms with Gasteiger partial charge >= 0.3 is 11.7 Å². The summed E-state index contributed by atoms with van der Waals surface area (Å²) >= 11 is 5.93. The molecule has 0 N–H and O–H groups in total. The summed E-state index contributed by atoms with van der Waals surface area (Å²) in [7, 11) is 0. The minimum atomic E-state index is -0.586. The van der Waals surface area contributed by atoms with Gasteiger partial charge in [-0.3, -0.25) is 14.2 Å². The largest absolute Gasteiger partial charge is 0.457 e. The third-order valence-corrected chi connectivity index (χ3v) is 3.98. The van der Waals surface area contributed by atoms with Gasteiger partial charge in [0.25, 0.3) is 0 Å². The van der Waals surface area contributed by atoms with Gasteiger partial charge in [-0.15, -0.1) is 0 Å². The number of rotatable bonds is 6. The second-order valence-corrected chi connectivity index (χ2v) is 5.71. The number of esters is 1. The van der Waals surface area contributed by atoms with E-state index in [1.807, 2.05) is 0 Å². The molecule has 1 aromatic heterocycles. The van der Waals surface area contributed by atoms with Gasteiger partial charge in [-0.05, 0) is 24.3 Å². The number of aromatic nitrogens is 1. The van der Waals surface area contributed by atoms with Crippen LogP contribution in [-0.2, 0) is 16.1 Å². The Labute approximate surface area is 147 Å². The van der Waals surface area contributed by atoms with Gasteiger partial charge in [0, 0.05) is 12.1 Å². The third-order valence-electron chi connectivity index (χ3n) is 3.65. The fourth-order valence-electron chi connectivity index (χ4n) is 2.41. The second kappa shape index (κ2) is 7.36. The van der Waals surface area contributed by atoms with Gasteiger partial charge in [-0.25, -0.2) is 4.79 Å².